The van der Waals surface area contributed by atoms with Gasteiger partial charge in [-0.15, -0.1) is 0 Å². The molecular weight excluding hydrogens is 242 g/mol. The molecule has 3 rings (SSSR count). The summed E-state index contributed by atoms with van der Waals surface area (Å²) in [6.07, 6.45) is 2.41. The fraction of sp³-hybridized carbons (Fsp3) is 0.263. The highest BCUT2D eigenvalue weighted by Gasteiger charge is 2.32. The first-order valence-electron chi connectivity index (χ1n) is 7.39. The quantitative estimate of drug-likeness (QED) is 0.786. The molecule has 0 saturated carbocycles. The molecule has 1 aliphatic rings. The second kappa shape index (κ2) is 5.64. The Kier molecular flexibility index (Phi) is 3.70. The summed E-state index contributed by atoms with van der Waals surface area (Å²) >= 11 is 0. The maximum Gasteiger partial charge on any atom is 0.0609 e. The van der Waals surface area contributed by atoms with Gasteiger partial charge in [0.05, 0.1) is 6.04 Å². The molecule has 0 spiro atoms. The Morgan fingerprint density at radius 2 is 1.50 bits per heavy atom. The van der Waals surface area contributed by atoms with Gasteiger partial charge in [0.15, 0.2) is 0 Å². The largest absolute Gasteiger partial charge is 0.286 e. The summed E-state index contributed by atoms with van der Waals surface area (Å²) in [4.78, 5) is 2.55. The van der Waals surface area contributed by atoms with Crippen molar-refractivity contribution in [2.45, 2.75) is 25.9 Å². The Hall–Kier alpha value is -1.86. The van der Waals surface area contributed by atoms with Crippen LogP contribution >= 0.6 is 0 Å². The normalized spacial score (nSPS) is 22.8. The Bertz CT molecular complexity index is 586. The van der Waals surface area contributed by atoms with Gasteiger partial charge in [-0.3, -0.25) is 4.90 Å². The number of hydrogen-bond donors (Lipinski definition) is 0. The predicted octanol–water partition coefficient (Wildman–Crippen LogP) is 4.54. The topological polar surface area (TPSA) is 3.24 Å². The lowest BCUT2D eigenvalue weighted by atomic mass is 9.94. The van der Waals surface area contributed by atoms with E-state index >= 15 is 0 Å². The summed E-state index contributed by atoms with van der Waals surface area (Å²) in [7, 11) is 0. The van der Waals surface area contributed by atoms with E-state index in [1.807, 2.05) is 0 Å². The Morgan fingerprint density at radius 3 is 2.10 bits per heavy atom. The van der Waals surface area contributed by atoms with E-state index in [1.165, 1.54) is 16.7 Å². The molecule has 102 valence electrons. The minimum absolute atomic E-state index is 0.374. The molecule has 2 atom stereocenters. The van der Waals surface area contributed by atoms with Crippen molar-refractivity contribution in [2.75, 3.05) is 6.54 Å². The van der Waals surface area contributed by atoms with Crippen LogP contribution in [-0.2, 0) is 0 Å². The van der Waals surface area contributed by atoms with E-state index < -0.39 is 0 Å². The van der Waals surface area contributed by atoms with Gasteiger partial charge in [-0.05, 0) is 30.2 Å². The monoisotopic (exact) mass is 263 g/mol. The SMILES string of the molecule is CCN1C(C)C=C(c2ccccc2)C1c1ccccc1. The first kappa shape index (κ1) is 13.1. The zero-order chi connectivity index (χ0) is 13.9. The highest BCUT2D eigenvalue weighted by Crippen LogP contribution is 2.41. The number of hydrogen-bond acceptors (Lipinski definition) is 1. The molecule has 0 N–H and O–H groups in total. The highest BCUT2D eigenvalue weighted by atomic mass is 15.2. The van der Waals surface area contributed by atoms with Crippen LogP contribution in [0.5, 0.6) is 0 Å². The third-order valence-electron chi connectivity index (χ3n) is 4.16. The molecule has 1 nitrogen and oxygen atoms in total. The molecular formula is C19H21N. The summed E-state index contributed by atoms with van der Waals surface area (Å²) in [6, 6.07) is 22.4. The third-order valence-corrected chi connectivity index (χ3v) is 4.16. The first-order valence-corrected chi connectivity index (χ1v) is 7.39. The number of benzene rings is 2. The van der Waals surface area contributed by atoms with Crippen molar-refractivity contribution in [1.29, 1.82) is 0 Å². The van der Waals surface area contributed by atoms with Crippen molar-refractivity contribution in [1.82, 2.24) is 4.90 Å². The molecule has 0 bridgehead atoms. The van der Waals surface area contributed by atoms with Crippen molar-refractivity contribution in [3.63, 3.8) is 0 Å². The van der Waals surface area contributed by atoms with Crippen LogP contribution in [0.1, 0.15) is 31.0 Å². The second-order valence-electron chi connectivity index (χ2n) is 5.37. The van der Waals surface area contributed by atoms with Crippen LogP contribution in [0.4, 0.5) is 0 Å². The average Bonchev–Trinajstić information content (AvgIpc) is 2.85. The van der Waals surface area contributed by atoms with Gasteiger partial charge in [0.25, 0.3) is 0 Å². The van der Waals surface area contributed by atoms with Crippen molar-refractivity contribution in [2.24, 2.45) is 0 Å². The Labute approximate surface area is 121 Å². The molecule has 1 heteroatoms. The van der Waals surface area contributed by atoms with Crippen LogP contribution in [0.3, 0.4) is 0 Å². The molecule has 0 aromatic heterocycles. The predicted molar refractivity (Wildman–Crippen MR) is 85.4 cm³/mol. The molecule has 20 heavy (non-hydrogen) atoms. The van der Waals surface area contributed by atoms with E-state index in [-0.39, 0.29) is 0 Å². The van der Waals surface area contributed by atoms with Gasteiger partial charge >= 0.3 is 0 Å². The molecule has 2 aromatic rings. The molecule has 2 aromatic carbocycles. The van der Waals surface area contributed by atoms with Crippen LogP contribution in [0.25, 0.3) is 5.57 Å². The maximum absolute atomic E-state index is 2.55. The van der Waals surface area contributed by atoms with E-state index in [2.05, 4.69) is 85.5 Å². The average molecular weight is 263 g/mol. The molecule has 1 heterocycles. The summed E-state index contributed by atoms with van der Waals surface area (Å²) in [5, 5.41) is 0. The molecule has 1 aliphatic heterocycles. The van der Waals surface area contributed by atoms with E-state index in [0.717, 1.165) is 6.54 Å². The van der Waals surface area contributed by atoms with E-state index in [4.69, 9.17) is 0 Å². The van der Waals surface area contributed by atoms with Crippen molar-refractivity contribution in [3.05, 3.63) is 77.9 Å². The van der Waals surface area contributed by atoms with Gasteiger partial charge in [0.2, 0.25) is 0 Å². The van der Waals surface area contributed by atoms with Gasteiger partial charge < -0.3 is 0 Å². The van der Waals surface area contributed by atoms with Crippen LogP contribution in [-0.4, -0.2) is 17.5 Å². The van der Waals surface area contributed by atoms with Crippen molar-refractivity contribution in [3.8, 4) is 0 Å². The molecule has 0 aliphatic carbocycles. The van der Waals surface area contributed by atoms with Gasteiger partial charge in [0, 0.05) is 6.04 Å². The smallest absolute Gasteiger partial charge is 0.0609 e. The van der Waals surface area contributed by atoms with Crippen molar-refractivity contribution < 1.29 is 0 Å². The summed E-state index contributed by atoms with van der Waals surface area (Å²) < 4.78 is 0. The molecule has 0 amide bonds. The lowest BCUT2D eigenvalue weighted by Gasteiger charge is -2.29. The Balaban J connectivity index is 2.05. The maximum atomic E-state index is 2.55. The minimum Gasteiger partial charge on any atom is -0.286 e. The van der Waals surface area contributed by atoms with E-state index in [0.29, 0.717) is 12.1 Å². The van der Waals surface area contributed by atoms with E-state index in [1.54, 1.807) is 0 Å². The van der Waals surface area contributed by atoms with Crippen molar-refractivity contribution >= 4 is 5.57 Å². The molecule has 0 fully saturated rings. The zero-order valence-electron chi connectivity index (χ0n) is 12.2. The second-order valence-corrected chi connectivity index (χ2v) is 5.37. The van der Waals surface area contributed by atoms with Crippen LogP contribution in [0, 0.1) is 0 Å². The molecule has 0 saturated heterocycles. The minimum atomic E-state index is 0.374. The van der Waals surface area contributed by atoms with Gasteiger partial charge in [-0.2, -0.15) is 0 Å². The zero-order valence-corrected chi connectivity index (χ0v) is 12.2. The molecule has 0 radical (unpaired) electrons. The summed E-state index contributed by atoms with van der Waals surface area (Å²) in [5.41, 5.74) is 4.16. The summed E-state index contributed by atoms with van der Waals surface area (Å²) in [5.74, 6) is 0. The first-order chi connectivity index (χ1) is 9.81. The van der Waals surface area contributed by atoms with Gasteiger partial charge in [-0.1, -0.05) is 73.7 Å². The standard InChI is InChI=1S/C19H21N/c1-3-20-15(2)14-18(16-10-6-4-7-11-16)19(20)17-12-8-5-9-13-17/h4-15,19H,3H2,1-2H3. The number of nitrogens with zero attached hydrogens (tertiary/aromatic N) is 1. The van der Waals surface area contributed by atoms with Crippen LogP contribution in [0.2, 0.25) is 0 Å². The number of rotatable bonds is 3. The highest BCUT2D eigenvalue weighted by molar-refractivity contribution is 5.74. The third kappa shape index (κ3) is 2.30. The summed E-state index contributed by atoms with van der Waals surface area (Å²) in [6.45, 7) is 5.59. The fourth-order valence-electron chi connectivity index (χ4n) is 3.22. The lowest BCUT2D eigenvalue weighted by Crippen LogP contribution is -2.30. The Morgan fingerprint density at radius 1 is 0.900 bits per heavy atom. The van der Waals surface area contributed by atoms with Crippen LogP contribution in [0.15, 0.2) is 66.7 Å². The molecule has 2 unspecified atom stereocenters. The lowest BCUT2D eigenvalue weighted by molar-refractivity contribution is 0.237. The van der Waals surface area contributed by atoms with Gasteiger partial charge in [-0.25, -0.2) is 0 Å². The van der Waals surface area contributed by atoms with E-state index in [9.17, 15) is 0 Å². The van der Waals surface area contributed by atoms with Gasteiger partial charge in [0.1, 0.15) is 0 Å². The fourth-order valence-corrected chi connectivity index (χ4v) is 3.22. The van der Waals surface area contributed by atoms with Crippen LogP contribution < -0.4 is 0 Å². The number of likely N-dealkylation sites (N-methyl/N-ethyl adjacent to an activating group) is 1.